The summed E-state index contributed by atoms with van der Waals surface area (Å²) in [7, 11) is 0. The van der Waals surface area contributed by atoms with Crippen molar-refractivity contribution in [3.05, 3.63) is 35.0 Å². The van der Waals surface area contributed by atoms with Gasteiger partial charge >= 0.3 is 0 Å². The maximum atomic E-state index is 11.2. The number of thioether (sulfide) groups is 1. The van der Waals surface area contributed by atoms with Crippen LogP contribution in [0.1, 0.15) is 12.8 Å². The fourth-order valence-corrected chi connectivity index (χ4v) is 3.21. The number of carbonyl (C=O) groups is 1. The Morgan fingerprint density at radius 1 is 1.24 bits per heavy atom. The second-order valence-corrected chi connectivity index (χ2v) is 5.33. The third-order valence-corrected chi connectivity index (χ3v) is 4.21. The molecule has 88 valence electrons. The highest BCUT2D eigenvalue weighted by Gasteiger charge is 2.24. The molecule has 1 N–H and O–H groups in total. The van der Waals surface area contributed by atoms with Crippen LogP contribution in [0.4, 0.5) is 5.69 Å². The van der Waals surface area contributed by atoms with Gasteiger partial charge in [0.25, 0.3) is 0 Å². The molecule has 0 atom stereocenters. The summed E-state index contributed by atoms with van der Waals surface area (Å²) >= 11 is 1.56. The topological polar surface area (TPSA) is 32.3 Å². The van der Waals surface area contributed by atoms with E-state index in [2.05, 4.69) is 16.3 Å². The highest BCUT2D eigenvalue weighted by molar-refractivity contribution is 8.04. The van der Waals surface area contributed by atoms with Gasteiger partial charge in [-0.2, -0.15) is 0 Å². The van der Waals surface area contributed by atoms with E-state index in [1.165, 1.54) is 12.8 Å². The van der Waals surface area contributed by atoms with Crippen molar-refractivity contribution >= 4 is 23.7 Å². The first-order chi connectivity index (χ1) is 8.38. The second kappa shape index (κ2) is 4.45. The van der Waals surface area contributed by atoms with Gasteiger partial charge in [-0.25, -0.2) is 0 Å². The van der Waals surface area contributed by atoms with Crippen LogP contribution in [-0.2, 0) is 4.79 Å². The fourth-order valence-electron chi connectivity index (χ4n) is 2.27. The summed E-state index contributed by atoms with van der Waals surface area (Å²) < 4.78 is 0. The number of nitrogens with zero attached hydrogens (tertiary/aromatic N) is 1. The van der Waals surface area contributed by atoms with Crippen LogP contribution in [0, 0.1) is 0 Å². The van der Waals surface area contributed by atoms with Gasteiger partial charge in [-0.15, -0.1) is 0 Å². The van der Waals surface area contributed by atoms with Gasteiger partial charge in [0, 0.05) is 18.0 Å². The van der Waals surface area contributed by atoms with E-state index in [0.29, 0.717) is 0 Å². The Kier molecular flexibility index (Phi) is 2.81. The maximum Gasteiger partial charge on any atom is 0.160 e. The molecule has 0 saturated carbocycles. The van der Waals surface area contributed by atoms with Crippen molar-refractivity contribution in [2.75, 3.05) is 18.4 Å². The van der Waals surface area contributed by atoms with Crippen LogP contribution in [-0.4, -0.2) is 24.3 Å². The maximum absolute atomic E-state index is 11.2. The van der Waals surface area contributed by atoms with Crippen LogP contribution >= 0.6 is 11.8 Å². The quantitative estimate of drug-likeness (QED) is 0.813. The Bertz CT molecular complexity index is 478. The number of fused-ring (bicyclic) bond motifs is 1. The highest BCUT2D eigenvalue weighted by atomic mass is 32.2. The first-order valence-electron chi connectivity index (χ1n) is 5.87. The standard InChI is InChI=1S/C13H14N2OS/c16-9-12-13(15-7-3-4-8-15)14-10-5-1-2-6-11(10)17-12/h1-2,5-6,9,14H,3-4,7-8H2. The molecule has 3 rings (SSSR count). The molecule has 0 spiro atoms. The number of aldehydes is 1. The molecular weight excluding hydrogens is 232 g/mol. The Balaban J connectivity index is 1.96. The minimum atomic E-state index is 0.797. The normalized spacial score (nSPS) is 18.9. The van der Waals surface area contributed by atoms with Crippen molar-refractivity contribution in [3.8, 4) is 0 Å². The summed E-state index contributed by atoms with van der Waals surface area (Å²) in [5.74, 6) is 0.987. The molecule has 1 aromatic carbocycles. The monoisotopic (exact) mass is 246 g/mol. The second-order valence-electron chi connectivity index (χ2n) is 4.25. The Labute approximate surface area is 105 Å². The lowest BCUT2D eigenvalue weighted by Crippen LogP contribution is -2.27. The van der Waals surface area contributed by atoms with Crippen molar-refractivity contribution in [1.82, 2.24) is 4.90 Å². The molecule has 0 aliphatic carbocycles. The summed E-state index contributed by atoms with van der Waals surface area (Å²) in [6.45, 7) is 2.09. The lowest BCUT2D eigenvalue weighted by Gasteiger charge is -2.28. The lowest BCUT2D eigenvalue weighted by atomic mass is 10.3. The third-order valence-electron chi connectivity index (χ3n) is 3.12. The van der Waals surface area contributed by atoms with E-state index in [0.717, 1.165) is 40.7 Å². The zero-order valence-electron chi connectivity index (χ0n) is 9.48. The highest BCUT2D eigenvalue weighted by Crippen LogP contribution is 2.39. The number of nitrogens with one attached hydrogen (secondary N) is 1. The Morgan fingerprint density at radius 3 is 2.76 bits per heavy atom. The predicted molar refractivity (Wildman–Crippen MR) is 69.8 cm³/mol. The van der Waals surface area contributed by atoms with E-state index in [-0.39, 0.29) is 0 Å². The number of allylic oxidation sites excluding steroid dienone is 1. The molecule has 0 amide bonds. The van der Waals surface area contributed by atoms with Gasteiger partial charge in [-0.3, -0.25) is 4.79 Å². The van der Waals surface area contributed by atoms with E-state index in [9.17, 15) is 4.79 Å². The third kappa shape index (κ3) is 1.93. The summed E-state index contributed by atoms with van der Waals surface area (Å²) in [6.07, 6.45) is 3.38. The van der Waals surface area contributed by atoms with Gasteiger partial charge in [-0.05, 0) is 25.0 Å². The van der Waals surface area contributed by atoms with E-state index in [1.807, 2.05) is 18.2 Å². The van der Waals surface area contributed by atoms with Gasteiger partial charge < -0.3 is 10.2 Å². The van der Waals surface area contributed by atoms with Gasteiger partial charge in [0.1, 0.15) is 5.82 Å². The van der Waals surface area contributed by atoms with Crippen LogP contribution in [0.2, 0.25) is 0 Å². The SMILES string of the molecule is O=CC1=C(N2CCCC2)Nc2ccccc2S1. The number of rotatable bonds is 2. The summed E-state index contributed by atoms with van der Waals surface area (Å²) in [5.41, 5.74) is 1.10. The van der Waals surface area contributed by atoms with Crippen molar-refractivity contribution in [2.45, 2.75) is 17.7 Å². The van der Waals surface area contributed by atoms with Gasteiger partial charge in [0.05, 0.1) is 10.6 Å². The minimum Gasteiger partial charge on any atom is -0.357 e. The first-order valence-corrected chi connectivity index (χ1v) is 6.68. The molecule has 2 heterocycles. The fraction of sp³-hybridized carbons (Fsp3) is 0.308. The van der Waals surface area contributed by atoms with Crippen molar-refractivity contribution in [1.29, 1.82) is 0 Å². The largest absolute Gasteiger partial charge is 0.357 e. The zero-order chi connectivity index (χ0) is 11.7. The number of hydrogen-bond acceptors (Lipinski definition) is 4. The van der Waals surface area contributed by atoms with Crippen molar-refractivity contribution in [3.63, 3.8) is 0 Å². The molecular formula is C13H14N2OS. The van der Waals surface area contributed by atoms with Gasteiger partial charge in [-0.1, -0.05) is 23.9 Å². The molecule has 1 fully saturated rings. The Hall–Kier alpha value is -1.42. The number of para-hydroxylation sites is 1. The van der Waals surface area contributed by atoms with Crippen LogP contribution in [0.15, 0.2) is 39.9 Å². The molecule has 3 nitrogen and oxygen atoms in total. The zero-order valence-corrected chi connectivity index (χ0v) is 10.3. The number of hydrogen-bond donors (Lipinski definition) is 1. The molecule has 0 unspecified atom stereocenters. The first kappa shape index (κ1) is 10.7. The van der Waals surface area contributed by atoms with Crippen LogP contribution in [0.5, 0.6) is 0 Å². The smallest absolute Gasteiger partial charge is 0.160 e. The van der Waals surface area contributed by atoms with Crippen molar-refractivity contribution < 1.29 is 4.79 Å². The van der Waals surface area contributed by atoms with E-state index < -0.39 is 0 Å². The van der Waals surface area contributed by atoms with Crippen LogP contribution in [0.3, 0.4) is 0 Å². The lowest BCUT2D eigenvalue weighted by molar-refractivity contribution is -0.104. The predicted octanol–water partition coefficient (Wildman–Crippen LogP) is 2.67. The molecule has 0 aromatic heterocycles. The van der Waals surface area contributed by atoms with Crippen LogP contribution < -0.4 is 5.32 Å². The molecule has 1 saturated heterocycles. The average Bonchev–Trinajstić information content (AvgIpc) is 2.91. The van der Waals surface area contributed by atoms with E-state index in [4.69, 9.17) is 0 Å². The molecule has 0 bridgehead atoms. The Morgan fingerprint density at radius 2 is 2.00 bits per heavy atom. The molecule has 2 aliphatic heterocycles. The summed E-state index contributed by atoms with van der Waals surface area (Å²) in [6, 6.07) is 8.11. The van der Waals surface area contributed by atoms with Crippen molar-refractivity contribution in [2.24, 2.45) is 0 Å². The molecule has 17 heavy (non-hydrogen) atoms. The van der Waals surface area contributed by atoms with E-state index in [1.54, 1.807) is 11.8 Å². The van der Waals surface area contributed by atoms with Gasteiger partial charge in [0.15, 0.2) is 6.29 Å². The number of benzene rings is 1. The number of anilines is 1. The summed E-state index contributed by atoms with van der Waals surface area (Å²) in [5, 5.41) is 3.39. The number of likely N-dealkylation sites (tertiary alicyclic amines) is 1. The number of carbonyl (C=O) groups excluding carboxylic acids is 1. The van der Waals surface area contributed by atoms with Crippen LogP contribution in [0.25, 0.3) is 0 Å². The van der Waals surface area contributed by atoms with E-state index >= 15 is 0 Å². The molecule has 0 radical (unpaired) electrons. The average molecular weight is 246 g/mol. The molecule has 2 aliphatic rings. The molecule has 1 aromatic rings. The summed E-state index contributed by atoms with van der Waals surface area (Å²) in [4.78, 5) is 15.4. The minimum absolute atomic E-state index is 0.797. The molecule has 4 heteroatoms. The van der Waals surface area contributed by atoms with Gasteiger partial charge in [0.2, 0.25) is 0 Å².